The lowest BCUT2D eigenvalue weighted by molar-refractivity contribution is -0.140. The van der Waals surface area contributed by atoms with E-state index in [0.717, 1.165) is 35.7 Å². The maximum absolute atomic E-state index is 13.1. The zero-order valence-corrected chi connectivity index (χ0v) is 21.1. The molecule has 12 heteroatoms. The highest BCUT2D eigenvalue weighted by Gasteiger charge is 2.34. The number of nitrogens with one attached hydrogen (secondary N) is 1. The minimum Gasteiger partial charge on any atom is -0.480 e. The minimum absolute atomic E-state index is 0.242. The van der Waals surface area contributed by atoms with Gasteiger partial charge in [-0.05, 0) is 24.5 Å². The standard InChI is InChI=1S/C27H23F3N8O/c1-38-13-20(27(28,29)30)36-25(38)17-5-3-15(4-6-17)11-32-23-18-9-10-31-12-19(18)35-24(37-23)21-22(16-7-8-16)33-14-34-26(21)39-2/h3-6,9-10,12-14,16H,7-8,11H2,1-2H3,(H,32,35,37). The number of methoxy groups -OCH3 is 1. The van der Waals surface area contributed by atoms with Crippen LogP contribution in [0.4, 0.5) is 19.0 Å². The molecule has 39 heavy (non-hydrogen) atoms. The molecule has 1 N–H and O–H groups in total. The Balaban J connectivity index is 1.30. The van der Waals surface area contributed by atoms with Gasteiger partial charge in [0.2, 0.25) is 5.88 Å². The smallest absolute Gasteiger partial charge is 0.434 e. The highest BCUT2D eigenvalue weighted by molar-refractivity contribution is 5.90. The Hall–Kier alpha value is -4.61. The van der Waals surface area contributed by atoms with E-state index in [-0.39, 0.29) is 5.82 Å². The number of pyridine rings is 1. The van der Waals surface area contributed by atoms with Gasteiger partial charge in [0.05, 0.1) is 24.5 Å². The third-order valence-electron chi connectivity index (χ3n) is 6.56. The second-order valence-corrected chi connectivity index (χ2v) is 9.31. The number of hydrogen-bond donors (Lipinski definition) is 1. The van der Waals surface area contributed by atoms with E-state index >= 15 is 0 Å². The summed E-state index contributed by atoms with van der Waals surface area (Å²) in [4.78, 5) is 26.4. The summed E-state index contributed by atoms with van der Waals surface area (Å²) in [5, 5.41) is 4.17. The molecule has 0 atom stereocenters. The fraction of sp³-hybridized carbons (Fsp3) is 0.259. The van der Waals surface area contributed by atoms with Crippen molar-refractivity contribution >= 4 is 16.7 Å². The summed E-state index contributed by atoms with van der Waals surface area (Å²) in [5.41, 5.74) is 2.77. The number of imidazole rings is 1. The zero-order valence-electron chi connectivity index (χ0n) is 21.1. The average Bonchev–Trinajstić information content (AvgIpc) is 3.71. The fourth-order valence-corrected chi connectivity index (χ4v) is 4.47. The van der Waals surface area contributed by atoms with Gasteiger partial charge in [-0.15, -0.1) is 0 Å². The van der Waals surface area contributed by atoms with E-state index in [1.165, 1.54) is 10.9 Å². The molecule has 1 aliphatic rings. The van der Waals surface area contributed by atoms with Crippen molar-refractivity contribution in [2.24, 2.45) is 7.05 Å². The first kappa shape index (κ1) is 24.7. The Morgan fingerprint density at radius 3 is 2.54 bits per heavy atom. The van der Waals surface area contributed by atoms with Gasteiger partial charge in [0, 0.05) is 42.9 Å². The van der Waals surface area contributed by atoms with Crippen LogP contribution in [0.15, 0.2) is 55.2 Å². The number of rotatable bonds is 7. The van der Waals surface area contributed by atoms with Gasteiger partial charge in [0.15, 0.2) is 11.5 Å². The summed E-state index contributed by atoms with van der Waals surface area (Å²) in [7, 11) is 3.10. The topological polar surface area (TPSA) is 104 Å². The number of halogens is 3. The van der Waals surface area contributed by atoms with Crippen molar-refractivity contribution < 1.29 is 17.9 Å². The number of benzene rings is 1. The predicted molar refractivity (Wildman–Crippen MR) is 138 cm³/mol. The van der Waals surface area contributed by atoms with Gasteiger partial charge >= 0.3 is 6.18 Å². The van der Waals surface area contributed by atoms with E-state index in [4.69, 9.17) is 14.7 Å². The molecule has 1 fully saturated rings. The maximum Gasteiger partial charge on any atom is 0.434 e. The first-order valence-electron chi connectivity index (χ1n) is 12.3. The van der Waals surface area contributed by atoms with Crippen LogP contribution in [0, 0.1) is 0 Å². The quantitative estimate of drug-likeness (QED) is 0.297. The van der Waals surface area contributed by atoms with Crippen LogP contribution in [0.1, 0.15) is 35.7 Å². The molecule has 0 unspecified atom stereocenters. The van der Waals surface area contributed by atoms with Gasteiger partial charge in [0.25, 0.3) is 0 Å². The summed E-state index contributed by atoms with van der Waals surface area (Å²) >= 11 is 0. The molecule has 0 radical (unpaired) electrons. The minimum atomic E-state index is -4.50. The first-order chi connectivity index (χ1) is 18.8. The third kappa shape index (κ3) is 4.85. The average molecular weight is 533 g/mol. The van der Waals surface area contributed by atoms with Crippen LogP contribution in [0.2, 0.25) is 0 Å². The van der Waals surface area contributed by atoms with Gasteiger partial charge in [-0.25, -0.2) is 24.9 Å². The molecule has 0 saturated heterocycles. The number of nitrogens with zero attached hydrogens (tertiary/aromatic N) is 7. The maximum atomic E-state index is 13.1. The van der Waals surface area contributed by atoms with Gasteiger partial charge in [-0.1, -0.05) is 24.3 Å². The van der Waals surface area contributed by atoms with Crippen LogP contribution in [-0.2, 0) is 19.8 Å². The van der Waals surface area contributed by atoms with E-state index in [0.29, 0.717) is 46.6 Å². The Labute approximate surface area is 221 Å². The van der Waals surface area contributed by atoms with Crippen molar-refractivity contribution in [2.45, 2.75) is 31.5 Å². The fourth-order valence-electron chi connectivity index (χ4n) is 4.47. The summed E-state index contributed by atoms with van der Waals surface area (Å²) in [6.45, 7) is 0.417. The number of fused-ring (bicyclic) bond motifs is 1. The molecule has 6 rings (SSSR count). The summed E-state index contributed by atoms with van der Waals surface area (Å²) < 4.78 is 46.1. The number of ether oxygens (including phenoxy) is 1. The molecule has 5 aromatic rings. The van der Waals surface area contributed by atoms with Crippen molar-refractivity contribution in [1.29, 1.82) is 0 Å². The molecule has 9 nitrogen and oxygen atoms in total. The van der Waals surface area contributed by atoms with E-state index in [9.17, 15) is 13.2 Å². The van der Waals surface area contributed by atoms with Gasteiger partial charge in [0.1, 0.15) is 23.5 Å². The molecular formula is C27H23F3N8O. The van der Waals surface area contributed by atoms with Crippen LogP contribution in [0.25, 0.3) is 33.7 Å². The van der Waals surface area contributed by atoms with Crippen molar-refractivity contribution in [1.82, 2.24) is 34.5 Å². The van der Waals surface area contributed by atoms with Gasteiger partial charge in [-0.2, -0.15) is 13.2 Å². The molecule has 1 aromatic carbocycles. The van der Waals surface area contributed by atoms with Crippen molar-refractivity contribution in [3.63, 3.8) is 0 Å². The Morgan fingerprint density at radius 1 is 1.05 bits per heavy atom. The number of alkyl halides is 3. The molecule has 4 heterocycles. The third-order valence-corrected chi connectivity index (χ3v) is 6.56. The van der Waals surface area contributed by atoms with Crippen LogP contribution in [0.3, 0.4) is 0 Å². The van der Waals surface area contributed by atoms with E-state index < -0.39 is 11.9 Å². The Kier molecular flexibility index (Phi) is 6.09. The molecule has 4 aromatic heterocycles. The lowest BCUT2D eigenvalue weighted by atomic mass is 10.1. The highest BCUT2D eigenvalue weighted by Crippen LogP contribution is 2.45. The van der Waals surface area contributed by atoms with E-state index in [1.54, 1.807) is 38.7 Å². The number of aromatic nitrogens is 7. The lowest BCUT2D eigenvalue weighted by Crippen LogP contribution is -2.07. The summed E-state index contributed by atoms with van der Waals surface area (Å²) in [5.74, 6) is 2.04. The summed E-state index contributed by atoms with van der Waals surface area (Å²) in [6.07, 6.45) is 3.42. The molecule has 1 saturated carbocycles. The van der Waals surface area contributed by atoms with E-state index in [2.05, 4.69) is 25.3 Å². The van der Waals surface area contributed by atoms with Crippen LogP contribution >= 0.6 is 0 Å². The van der Waals surface area contributed by atoms with Crippen LogP contribution in [0.5, 0.6) is 5.88 Å². The summed E-state index contributed by atoms with van der Waals surface area (Å²) in [6, 6.07) is 9.02. The number of aryl methyl sites for hydroxylation is 1. The normalized spacial score (nSPS) is 13.6. The zero-order chi connectivity index (χ0) is 27.1. The largest absolute Gasteiger partial charge is 0.480 e. The van der Waals surface area contributed by atoms with Crippen molar-refractivity contribution in [3.8, 4) is 28.7 Å². The number of hydrogen-bond acceptors (Lipinski definition) is 8. The molecule has 0 amide bonds. The predicted octanol–water partition coefficient (Wildman–Crippen LogP) is 5.40. The molecule has 0 aliphatic heterocycles. The monoisotopic (exact) mass is 532 g/mol. The SMILES string of the molecule is COc1ncnc(C2CC2)c1-c1nc(NCc2ccc(-c3nc(C(F)(F)F)cn3C)cc2)c2ccncc2n1. The second-order valence-electron chi connectivity index (χ2n) is 9.31. The van der Waals surface area contributed by atoms with Crippen molar-refractivity contribution in [2.75, 3.05) is 12.4 Å². The van der Waals surface area contributed by atoms with Gasteiger partial charge in [-0.3, -0.25) is 4.98 Å². The highest BCUT2D eigenvalue weighted by atomic mass is 19.4. The first-order valence-corrected chi connectivity index (χ1v) is 12.3. The second kappa shape index (κ2) is 9.61. The van der Waals surface area contributed by atoms with E-state index in [1.807, 2.05) is 18.2 Å². The lowest BCUT2D eigenvalue weighted by Gasteiger charge is -2.14. The molecule has 0 spiro atoms. The Bertz CT molecular complexity index is 1660. The molecule has 1 aliphatic carbocycles. The number of anilines is 1. The van der Waals surface area contributed by atoms with Crippen LogP contribution in [-0.4, -0.2) is 41.6 Å². The molecular weight excluding hydrogens is 509 g/mol. The molecule has 0 bridgehead atoms. The molecule has 198 valence electrons. The van der Waals surface area contributed by atoms with Crippen molar-refractivity contribution in [3.05, 3.63) is 72.2 Å². The Morgan fingerprint density at radius 2 is 1.85 bits per heavy atom. The van der Waals surface area contributed by atoms with Crippen LogP contribution < -0.4 is 10.1 Å². The van der Waals surface area contributed by atoms with Gasteiger partial charge < -0.3 is 14.6 Å².